The standard InChI is InChI=1S/C11H19NO3/c1-4-6-7-9(13)12-10(11(14)15)8(3)5-2/h4,8,10H,1,5-7H2,2-3H3,(H,12,13)(H,14,15). The summed E-state index contributed by atoms with van der Waals surface area (Å²) in [7, 11) is 0. The maximum atomic E-state index is 11.3. The molecule has 0 radical (unpaired) electrons. The third kappa shape index (κ3) is 5.20. The molecule has 86 valence electrons. The summed E-state index contributed by atoms with van der Waals surface area (Å²) >= 11 is 0. The van der Waals surface area contributed by atoms with Crippen LogP contribution in [0.15, 0.2) is 12.7 Å². The Kier molecular flexibility index (Phi) is 6.42. The van der Waals surface area contributed by atoms with E-state index in [1.807, 2.05) is 13.8 Å². The molecule has 0 saturated carbocycles. The average molecular weight is 213 g/mol. The van der Waals surface area contributed by atoms with Gasteiger partial charge in [0.15, 0.2) is 0 Å². The van der Waals surface area contributed by atoms with Gasteiger partial charge in [-0.05, 0) is 12.3 Å². The molecule has 2 N–H and O–H groups in total. The van der Waals surface area contributed by atoms with Crippen LogP contribution in [0.1, 0.15) is 33.1 Å². The number of carboxylic acids is 1. The zero-order chi connectivity index (χ0) is 11.8. The van der Waals surface area contributed by atoms with E-state index < -0.39 is 12.0 Å². The van der Waals surface area contributed by atoms with Crippen LogP contribution < -0.4 is 5.32 Å². The summed E-state index contributed by atoms with van der Waals surface area (Å²) in [6.07, 6.45) is 3.22. The van der Waals surface area contributed by atoms with Crippen molar-refractivity contribution in [1.82, 2.24) is 5.32 Å². The molecule has 4 heteroatoms. The number of rotatable bonds is 7. The van der Waals surface area contributed by atoms with Crippen LogP contribution in [0.3, 0.4) is 0 Å². The molecule has 0 aliphatic carbocycles. The van der Waals surface area contributed by atoms with Gasteiger partial charge in [0.1, 0.15) is 6.04 Å². The van der Waals surface area contributed by atoms with Crippen molar-refractivity contribution in [3.63, 3.8) is 0 Å². The fourth-order valence-electron chi connectivity index (χ4n) is 1.16. The van der Waals surface area contributed by atoms with Gasteiger partial charge < -0.3 is 10.4 Å². The first kappa shape index (κ1) is 13.7. The van der Waals surface area contributed by atoms with Crippen molar-refractivity contribution in [2.75, 3.05) is 0 Å². The molecular formula is C11H19NO3. The van der Waals surface area contributed by atoms with Gasteiger partial charge in [0.2, 0.25) is 5.91 Å². The zero-order valence-electron chi connectivity index (χ0n) is 9.32. The van der Waals surface area contributed by atoms with E-state index in [1.165, 1.54) is 0 Å². The monoisotopic (exact) mass is 213 g/mol. The molecule has 0 aromatic heterocycles. The zero-order valence-corrected chi connectivity index (χ0v) is 9.32. The number of nitrogens with one attached hydrogen (secondary N) is 1. The van der Waals surface area contributed by atoms with Crippen LogP contribution in [-0.2, 0) is 9.59 Å². The molecule has 0 bridgehead atoms. The van der Waals surface area contributed by atoms with Crippen molar-refractivity contribution in [3.05, 3.63) is 12.7 Å². The average Bonchev–Trinajstić information content (AvgIpc) is 2.21. The summed E-state index contributed by atoms with van der Waals surface area (Å²) in [6, 6.07) is -0.785. The van der Waals surface area contributed by atoms with E-state index in [2.05, 4.69) is 11.9 Å². The lowest BCUT2D eigenvalue weighted by Gasteiger charge is -2.19. The minimum atomic E-state index is -0.976. The van der Waals surface area contributed by atoms with E-state index in [0.29, 0.717) is 12.8 Å². The molecule has 0 aromatic carbocycles. The number of carboxylic acid groups (broad SMARTS) is 1. The number of carbonyl (C=O) groups is 2. The first-order valence-corrected chi connectivity index (χ1v) is 5.16. The van der Waals surface area contributed by atoms with Gasteiger partial charge in [0.25, 0.3) is 0 Å². The lowest BCUT2D eigenvalue weighted by atomic mass is 9.99. The predicted octanol–water partition coefficient (Wildman–Crippen LogP) is 1.57. The third-order valence-corrected chi connectivity index (χ3v) is 2.37. The Morgan fingerprint density at radius 3 is 2.53 bits per heavy atom. The minimum absolute atomic E-state index is 0.0600. The summed E-state index contributed by atoms with van der Waals surface area (Å²) < 4.78 is 0. The molecule has 0 aromatic rings. The van der Waals surface area contributed by atoms with Gasteiger partial charge >= 0.3 is 5.97 Å². The van der Waals surface area contributed by atoms with Crippen LogP contribution in [0.5, 0.6) is 0 Å². The first-order valence-electron chi connectivity index (χ1n) is 5.16. The van der Waals surface area contributed by atoms with Gasteiger partial charge in [-0.25, -0.2) is 4.79 Å². The summed E-state index contributed by atoms with van der Waals surface area (Å²) in [5.41, 5.74) is 0. The summed E-state index contributed by atoms with van der Waals surface area (Å²) in [5, 5.41) is 11.4. The van der Waals surface area contributed by atoms with E-state index in [-0.39, 0.29) is 11.8 Å². The van der Waals surface area contributed by atoms with Crippen LogP contribution in [0.4, 0.5) is 0 Å². The van der Waals surface area contributed by atoms with Gasteiger partial charge in [0, 0.05) is 6.42 Å². The summed E-state index contributed by atoms with van der Waals surface area (Å²) in [6.45, 7) is 7.21. The smallest absolute Gasteiger partial charge is 0.326 e. The number of allylic oxidation sites excluding steroid dienone is 1. The van der Waals surface area contributed by atoms with Crippen LogP contribution in [0.2, 0.25) is 0 Å². The number of amides is 1. The van der Waals surface area contributed by atoms with Crippen molar-refractivity contribution in [3.8, 4) is 0 Å². The van der Waals surface area contributed by atoms with Gasteiger partial charge in [-0.3, -0.25) is 4.79 Å². The number of carbonyl (C=O) groups excluding carboxylic acids is 1. The molecule has 0 rings (SSSR count). The molecular weight excluding hydrogens is 194 g/mol. The highest BCUT2D eigenvalue weighted by Gasteiger charge is 2.24. The first-order chi connectivity index (χ1) is 7.02. The molecule has 0 heterocycles. The molecule has 2 unspecified atom stereocenters. The van der Waals surface area contributed by atoms with Gasteiger partial charge in [-0.2, -0.15) is 0 Å². The normalized spacial score (nSPS) is 14.0. The molecule has 0 spiro atoms. The van der Waals surface area contributed by atoms with Gasteiger partial charge in [0.05, 0.1) is 0 Å². The Hall–Kier alpha value is -1.32. The maximum Gasteiger partial charge on any atom is 0.326 e. The van der Waals surface area contributed by atoms with Crippen molar-refractivity contribution in [1.29, 1.82) is 0 Å². The molecule has 0 fully saturated rings. The Bertz CT molecular complexity index is 238. The van der Waals surface area contributed by atoms with Gasteiger partial charge in [-0.1, -0.05) is 26.3 Å². The van der Waals surface area contributed by atoms with Crippen molar-refractivity contribution < 1.29 is 14.7 Å². The van der Waals surface area contributed by atoms with Gasteiger partial charge in [-0.15, -0.1) is 6.58 Å². The Balaban J connectivity index is 4.22. The van der Waals surface area contributed by atoms with Crippen molar-refractivity contribution in [2.45, 2.75) is 39.2 Å². The highest BCUT2D eigenvalue weighted by molar-refractivity contribution is 5.83. The van der Waals surface area contributed by atoms with E-state index in [9.17, 15) is 9.59 Å². The van der Waals surface area contributed by atoms with Crippen LogP contribution in [-0.4, -0.2) is 23.0 Å². The second-order valence-corrected chi connectivity index (χ2v) is 3.60. The van der Waals surface area contributed by atoms with Crippen molar-refractivity contribution in [2.24, 2.45) is 5.92 Å². The second kappa shape index (κ2) is 7.04. The van der Waals surface area contributed by atoms with E-state index in [1.54, 1.807) is 6.08 Å². The van der Waals surface area contributed by atoms with Crippen molar-refractivity contribution >= 4 is 11.9 Å². The molecule has 0 aliphatic heterocycles. The Morgan fingerprint density at radius 2 is 2.13 bits per heavy atom. The quantitative estimate of drug-likeness (QED) is 0.631. The topological polar surface area (TPSA) is 66.4 Å². The SMILES string of the molecule is C=CCCC(=O)NC(C(=O)O)C(C)CC. The van der Waals surface area contributed by atoms with E-state index >= 15 is 0 Å². The van der Waals surface area contributed by atoms with E-state index in [4.69, 9.17) is 5.11 Å². The summed E-state index contributed by atoms with van der Waals surface area (Å²) in [5.74, 6) is -1.27. The van der Waals surface area contributed by atoms with E-state index in [0.717, 1.165) is 6.42 Å². The van der Waals surface area contributed by atoms with Crippen LogP contribution >= 0.6 is 0 Å². The number of aliphatic carboxylic acids is 1. The molecule has 15 heavy (non-hydrogen) atoms. The van der Waals surface area contributed by atoms with Crippen LogP contribution in [0.25, 0.3) is 0 Å². The Labute approximate surface area is 90.4 Å². The summed E-state index contributed by atoms with van der Waals surface area (Å²) in [4.78, 5) is 22.2. The third-order valence-electron chi connectivity index (χ3n) is 2.37. The molecule has 2 atom stereocenters. The highest BCUT2D eigenvalue weighted by atomic mass is 16.4. The Morgan fingerprint density at radius 1 is 1.53 bits per heavy atom. The number of hydrogen-bond donors (Lipinski definition) is 2. The molecule has 0 aliphatic rings. The lowest BCUT2D eigenvalue weighted by Crippen LogP contribution is -2.44. The fraction of sp³-hybridized carbons (Fsp3) is 0.636. The van der Waals surface area contributed by atoms with Crippen LogP contribution in [0, 0.1) is 5.92 Å². The fourth-order valence-corrected chi connectivity index (χ4v) is 1.16. The maximum absolute atomic E-state index is 11.3. The lowest BCUT2D eigenvalue weighted by molar-refractivity contribution is -0.143. The largest absolute Gasteiger partial charge is 0.480 e. The minimum Gasteiger partial charge on any atom is -0.480 e. The molecule has 1 amide bonds. The molecule has 4 nitrogen and oxygen atoms in total. The molecule has 0 saturated heterocycles. The predicted molar refractivity (Wildman–Crippen MR) is 58.5 cm³/mol. The second-order valence-electron chi connectivity index (χ2n) is 3.60. The highest BCUT2D eigenvalue weighted by Crippen LogP contribution is 2.08. The number of hydrogen-bond acceptors (Lipinski definition) is 2.